The third kappa shape index (κ3) is 3.69. The topological polar surface area (TPSA) is 64.6 Å². The predicted molar refractivity (Wildman–Crippen MR) is 63.9 cm³/mol. The van der Waals surface area contributed by atoms with Gasteiger partial charge in [0.1, 0.15) is 17.5 Å². The van der Waals surface area contributed by atoms with Crippen molar-refractivity contribution < 1.29 is 31.1 Å². The molecule has 20 heavy (non-hydrogen) atoms. The molecule has 0 bridgehead atoms. The largest absolute Gasteiger partial charge is 0.354 e. The second kappa shape index (κ2) is 6.53. The van der Waals surface area contributed by atoms with Crippen LogP contribution in [0.4, 0.5) is 13.2 Å². The van der Waals surface area contributed by atoms with Crippen LogP contribution in [0.15, 0.2) is 17.0 Å². The molecule has 0 radical (unpaired) electrons. The monoisotopic (exact) mass is 313 g/mol. The van der Waals surface area contributed by atoms with Gasteiger partial charge in [0, 0.05) is 26.4 Å². The molecular weight excluding hydrogens is 299 g/mol. The van der Waals surface area contributed by atoms with Crippen molar-refractivity contribution in [3.63, 3.8) is 0 Å². The molecule has 1 N–H and O–H groups in total. The summed E-state index contributed by atoms with van der Waals surface area (Å²) in [7, 11) is -1.98. The summed E-state index contributed by atoms with van der Waals surface area (Å²) in [6.45, 7) is 1.38. The molecule has 0 saturated carbocycles. The van der Waals surface area contributed by atoms with Crippen LogP contribution in [-0.4, -0.2) is 35.0 Å². The second-order valence-electron chi connectivity index (χ2n) is 3.95. The van der Waals surface area contributed by atoms with Gasteiger partial charge in [0.25, 0.3) is 0 Å². The molecule has 1 aromatic carbocycles. The van der Waals surface area contributed by atoms with Gasteiger partial charge in [0.2, 0.25) is 10.0 Å². The Bertz CT molecular complexity index is 552. The minimum absolute atomic E-state index is 0.284. The van der Waals surface area contributed by atoms with Crippen LogP contribution < -0.4 is 4.72 Å². The first-order valence-corrected chi connectivity index (χ1v) is 6.93. The van der Waals surface area contributed by atoms with Gasteiger partial charge in [-0.25, -0.2) is 26.3 Å². The SMILES string of the molecule is COC(OC)C(C)NS(=O)(=O)c1c(F)cc(F)cc1F. The maximum atomic E-state index is 13.5. The third-order valence-corrected chi connectivity index (χ3v) is 4.06. The number of benzene rings is 1. The number of rotatable bonds is 6. The molecule has 9 heteroatoms. The van der Waals surface area contributed by atoms with Crippen LogP contribution in [0, 0.1) is 17.5 Å². The van der Waals surface area contributed by atoms with Crippen molar-refractivity contribution in [3.8, 4) is 0 Å². The lowest BCUT2D eigenvalue weighted by molar-refractivity contribution is -0.115. The molecule has 1 atom stereocenters. The lowest BCUT2D eigenvalue weighted by Gasteiger charge is -2.22. The van der Waals surface area contributed by atoms with E-state index in [1.807, 2.05) is 4.72 Å². The van der Waals surface area contributed by atoms with Crippen LogP contribution in [0.3, 0.4) is 0 Å². The standard InChI is InChI=1S/C11H14F3NO4S/c1-6(11(18-2)19-3)15-20(16,17)10-8(13)4-7(12)5-9(10)14/h4-6,11,15H,1-3H3. The summed E-state index contributed by atoms with van der Waals surface area (Å²) in [4.78, 5) is -1.25. The lowest BCUT2D eigenvalue weighted by atomic mass is 10.3. The first-order valence-electron chi connectivity index (χ1n) is 5.45. The molecule has 0 aliphatic carbocycles. The van der Waals surface area contributed by atoms with Gasteiger partial charge in [-0.3, -0.25) is 0 Å². The van der Waals surface area contributed by atoms with E-state index in [0.717, 1.165) is 0 Å². The zero-order chi connectivity index (χ0) is 15.5. The Balaban J connectivity index is 3.12. The van der Waals surface area contributed by atoms with Crippen LogP contribution in [-0.2, 0) is 19.5 Å². The molecule has 0 heterocycles. The van der Waals surface area contributed by atoms with E-state index in [1.165, 1.54) is 21.1 Å². The summed E-state index contributed by atoms with van der Waals surface area (Å²) < 4.78 is 75.1. The second-order valence-corrected chi connectivity index (χ2v) is 5.60. The summed E-state index contributed by atoms with van der Waals surface area (Å²) in [5.41, 5.74) is 0. The fraction of sp³-hybridized carbons (Fsp3) is 0.455. The van der Waals surface area contributed by atoms with Gasteiger partial charge in [-0.1, -0.05) is 0 Å². The Labute approximate surface area is 114 Å². The maximum Gasteiger partial charge on any atom is 0.246 e. The summed E-state index contributed by atoms with van der Waals surface area (Å²) in [5.74, 6) is -4.25. The molecule has 0 spiro atoms. The smallest absolute Gasteiger partial charge is 0.246 e. The number of nitrogens with one attached hydrogen (secondary N) is 1. The van der Waals surface area contributed by atoms with E-state index < -0.39 is 44.7 Å². The normalized spacial score (nSPS) is 13.8. The van der Waals surface area contributed by atoms with Crippen molar-refractivity contribution in [3.05, 3.63) is 29.6 Å². The quantitative estimate of drug-likeness (QED) is 0.806. The fourth-order valence-corrected chi connectivity index (χ4v) is 3.00. The van der Waals surface area contributed by atoms with Crippen molar-refractivity contribution in [1.29, 1.82) is 0 Å². The first-order chi connectivity index (χ1) is 9.22. The third-order valence-electron chi connectivity index (χ3n) is 2.45. The number of sulfonamides is 1. The van der Waals surface area contributed by atoms with Crippen LogP contribution in [0.1, 0.15) is 6.92 Å². The maximum absolute atomic E-state index is 13.5. The van der Waals surface area contributed by atoms with Gasteiger partial charge in [-0.15, -0.1) is 0 Å². The van der Waals surface area contributed by atoms with Crippen molar-refractivity contribution in [2.75, 3.05) is 14.2 Å². The lowest BCUT2D eigenvalue weighted by Crippen LogP contribution is -2.43. The number of methoxy groups -OCH3 is 2. The summed E-state index contributed by atoms with van der Waals surface area (Å²) in [6, 6.07) is -0.349. The van der Waals surface area contributed by atoms with Crippen LogP contribution in [0.2, 0.25) is 0 Å². The highest BCUT2D eigenvalue weighted by Gasteiger charge is 2.29. The van der Waals surface area contributed by atoms with E-state index in [1.54, 1.807) is 0 Å². The van der Waals surface area contributed by atoms with Gasteiger partial charge in [0.05, 0.1) is 6.04 Å². The highest BCUT2D eigenvalue weighted by Crippen LogP contribution is 2.20. The van der Waals surface area contributed by atoms with Gasteiger partial charge in [-0.05, 0) is 6.92 Å². The van der Waals surface area contributed by atoms with Crippen LogP contribution in [0.5, 0.6) is 0 Å². The van der Waals surface area contributed by atoms with Crippen molar-refractivity contribution in [1.82, 2.24) is 4.72 Å². The van der Waals surface area contributed by atoms with Crippen LogP contribution in [0.25, 0.3) is 0 Å². The molecule has 1 aromatic rings. The average molecular weight is 313 g/mol. The Kier molecular flexibility index (Phi) is 5.51. The number of ether oxygens (including phenoxy) is 2. The molecule has 114 valence electrons. The molecular formula is C11H14F3NO4S. The van der Waals surface area contributed by atoms with Crippen molar-refractivity contribution in [2.45, 2.75) is 24.2 Å². The molecule has 0 aliphatic rings. The van der Waals surface area contributed by atoms with Gasteiger partial charge in [0.15, 0.2) is 11.2 Å². The van der Waals surface area contributed by atoms with Crippen molar-refractivity contribution in [2.24, 2.45) is 0 Å². The van der Waals surface area contributed by atoms with Crippen LogP contribution >= 0.6 is 0 Å². The number of hydrogen-bond acceptors (Lipinski definition) is 4. The molecule has 0 fully saturated rings. The molecule has 0 saturated heterocycles. The molecule has 5 nitrogen and oxygen atoms in total. The Morgan fingerprint density at radius 1 is 1.10 bits per heavy atom. The zero-order valence-corrected chi connectivity index (χ0v) is 11.8. The predicted octanol–water partition coefficient (Wildman–Crippen LogP) is 1.39. The van der Waals surface area contributed by atoms with E-state index >= 15 is 0 Å². The van der Waals surface area contributed by atoms with Crippen molar-refractivity contribution >= 4 is 10.0 Å². The Morgan fingerprint density at radius 2 is 1.55 bits per heavy atom. The Morgan fingerprint density at radius 3 is 1.95 bits per heavy atom. The number of hydrogen-bond donors (Lipinski definition) is 1. The van der Waals surface area contributed by atoms with E-state index in [2.05, 4.69) is 0 Å². The highest BCUT2D eigenvalue weighted by molar-refractivity contribution is 7.89. The molecule has 1 unspecified atom stereocenters. The van der Waals surface area contributed by atoms with Gasteiger partial charge in [-0.2, -0.15) is 0 Å². The minimum atomic E-state index is -4.53. The van der Waals surface area contributed by atoms with E-state index in [-0.39, 0.29) is 12.1 Å². The molecule has 0 aromatic heterocycles. The first kappa shape index (κ1) is 16.9. The fourth-order valence-electron chi connectivity index (χ4n) is 1.65. The highest BCUT2D eigenvalue weighted by atomic mass is 32.2. The van der Waals surface area contributed by atoms with E-state index in [0.29, 0.717) is 0 Å². The number of halogens is 3. The molecule has 0 aliphatic heterocycles. The molecule has 0 amide bonds. The summed E-state index contributed by atoms with van der Waals surface area (Å²) >= 11 is 0. The summed E-state index contributed by atoms with van der Waals surface area (Å²) in [6.07, 6.45) is -0.948. The zero-order valence-electron chi connectivity index (χ0n) is 11.0. The molecule has 1 rings (SSSR count). The van der Waals surface area contributed by atoms with E-state index in [4.69, 9.17) is 9.47 Å². The minimum Gasteiger partial charge on any atom is -0.354 e. The summed E-state index contributed by atoms with van der Waals surface area (Å²) in [5, 5.41) is 0. The Hall–Kier alpha value is -1.16. The average Bonchev–Trinajstić information content (AvgIpc) is 2.27. The van der Waals surface area contributed by atoms with Gasteiger partial charge >= 0.3 is 0 Å². The van der Waals surface area contributed by atoms with E-state index in [9.17, 15) is 21.6 Å². The van der Waals surface area contributed by atoms with Gasteiger partial charge < -0.3 is 9.47 Å².